The van der Waals surface area contributed by atoms with Crippen molar-refractivity contribution < 1.29 is 9.21 Å². The van der Waals surface area contributed by atoms with Gasteiger partial charge in [0, 0.05) is 11.1 Å². The molecular weight excluding hydrogens is 398 g/mol. The Balaban J connectivity index is 1.62. The summed E-state index contributed by atoms with van der Waals surface area (Å²) in [7, 11) is 0. The highest BCUT2D eigenvalue weighted by atomic mass is 35.5. The van der Waals surface area contributed by atoms with E-state index in [9.17, 15) is 9.59 Å². The van der Waals surface area contributed by atoms with Crippen molar-refractivity contribution in [1.29, 1.82) is 0 Å². The summed E-state index contributed by atoms with van der Waals surface area (Å²) < 4.78 is 6.93. The number of rotatable bonds is 7. The molecule has 2 heterocycles. The van der Waals surface area contributed by atoms with E-state index in [4.69, 9.17) is 16.0 Å². The largest absolute Gasteiger partial charge is 0.467 e. The van der Waals surface area contributed by atoms with Crippen molar-refractivity contribution in [2.45, 2.75) is 37.5 Å². The summed E-state index contributed by atoms with van der Waals surface area (Å²) in [5, 5.41) is 4.47. The monoisotopic (exact) mass is 417 g/mol. The third-order valence-electron chi connectivity index (χ3n) is 4.83. The van der Waals surface area contributed by atoms with Crippen LogP contribution in [0.5, 0.6) is 0 Å². The van der Waals surface area contributed by atoms with Gasteiger partial charge in [-0.15, -0.1) is 0 Å². The Labute approximate surface area is 171 Å². The summed E-state index contributed by atoms with van der Waals surface area (Å²) in [4.78, 5) is 29.9. The fraction of sp³-hybridized carbons (Fsp3) is 0.350. The van der Waals surface area contributed by atoms with E-state index in [0.717, 1.165) is 0 Å². The molecule has 2 aromatic heterocycles. The number of amides is 1. The first-order valence-corrected chi connectivity index (χ1v) is 10.5. The van der Waals surface area contributed by atoms with E-state index in [1.165, 1.54) is 29.2 Å². The Hall–Kier alpha value is -2.25. The summed E-state index contributed by atoms with van der Waals surface area (Å²) >= 11 is 7.30. The minimum Gasteiger partial charge on any atom is -0.467 e. The summed E-state index contributed by atoms with van der Waals surface area (Å²) in [6.07, 6.45) is 3.91. The predicted octanol–water partition coefficient (Wildman–Crippen LogP) is 3.70. The lowest BCUT2D eigenvalue weighted by atomic mass is 10.2. The number of furan rings is 1. The van der Waals surface area contributed by atoms with Crippen LogP contribution in [0.15, 0.2) is 51.0 Å². The zero-order valence-electron chi connectivity index (χ0n) is 15.4. The van der Waals surface area contributed by atoms with Crippen LogP contribution in [0, 0.1) is 5.92 Å². The van der Waals surface area contributed by atoms with Crippen LogP contribution in [-0.2, 0) is 11.3 Å². The molecule has 1 atom stereocenters. The van der Waals surface area contributed by atoms with E-state index in [0.29, 0.717) is 32.8 Å². The number of carbonyl (C=O) groups excluding carboxylic acids is 1. The number of nitrogens with one attached hydrogen (secondary N) is 1. The van der Waals surface area contributed by atoms with E-state index in [2.05, 4.69) is 10.3 Å². The van der Waals surface area contributed by atoms with Crippen molar-refractivity contribution >= 4 is 40.2 Å². The van der Waals surface area contributed by atoms with E-state index >= 15 is 0 Å². The number of halogens is 1. The average Bonchev–Trinajstić information content (AvgIpc) is 3.40. The molecule has 0 unspecified atom stereocenters. The Morgan fingerprint density at radius 3 is 2.96 bits per heavy atom. The van der Waals surface area contributed by atoms with Gasteiger partial charge in [0.1, 0.15) is 5.76 Å². The van der Waals surface area contributed by atoms with E-state index < -0.39 is 0 Å². The van der Waals surface area contributed by atoms with Crippen LogP contribution >= 0.6 is 23.4 Å². The number of carbonyl (C=O) groups is 1. The zero-order valence-corrected chi connectivity index (χ0v) is 16.9. The van der Waals surface area contributed by atoms with Gasteiger partial charge in [-0.1, -0.05) is 23.4 Å². The number of hydrogen-bond acceptors (Lipinski definition) is 5. The maximum atomic E-state index is 13.0. The molecular formula is C20H20ClN3O3S. The molecule has 0 aliphatic heterocycles. The Morgan fingerprint density at radius 2 is 2.25 bits per heavy atom. The quantitative estimate of drug-likeness (QED) is 0.468. The normalized spacial score (nSPS) is 14.9. The Morgan fingerprint density at radius 1 is 1.43 bits per heavy atom. The van der Waals surface area contributed by atoms with Gasteiger partial charge in [0.05, 0.1) is 29.5 Å². The van der Waals surface area contributed by atoms with Crippen LogP contribution in [-0.4, -0.2) is 27.3 Å². The standard InChI is InChI=1S/C20H20ClN3O3S/c1-12(13-4-5-13)22-18(25)11-28-20-23-17-9-14(21)6-7-16(17)19(26)24(20)10-15-3-2-8-27-15/h2-3,6-9,12-13H,4-5,10-11H2,1H3,(H,22,25)/t12-/m0/s1. The molecule has 1 N–H and O–H groups in total. The lowest BCUT2D eigenvalue weighted by Gasteiger charge is -2.14. The molecule has 146 valence electrons. The number of hydrogen-bond donors (Lipinski definition) is 1. The molecule has 1 saturated carbocycles. The first kappa shape index (κ1) is 19.1. The highest BCUT2D eigenvalue weighted by Crippen LogP contribution is 2.32. The van der Waals surface area contributed by atoms with Crippen molar-refractivity contribution in [3.63, 3.8) is 0 Å². The van der Waals surface area contributed by atoms with Gasteiger partial charge in [0.15, 0.2) is 5.16 Å². The highest BCUT2D eigenvalue weighted by Gasteiger charge is 2.28. The van der Waals surface area contributed by atoms with Gasteiger partial charge in [-0.3, -0.25) is 14.2 Å². The zero-order chi connectivity index (χ0) is 19.7. The van der Waals surface area contributed by atoms with Gasteiger partial charge in [0.2, 0.25) is 5.91 Å². The maximum Gasteiger partial charge on any atom is 0.262 e. The SMILES string of the molecule is C[C@H](NC(=O)CSc1nc2cc(Cl)ccc2c(=O)n1Cc1ccco1)C1CC1. The first-order valence-electron chi connectivity index (χ1n) is 9.16. The number of thioether (sulfide) groups is 1. The van der Waals surface area contributed by atoms with Gasteiger partial charge in [-0.25, -0.2) is 4.98 Å². The lowest BCUT2D eigenvalue weighted by Crippen LogP contribution is -2.35. The Bertz CT molecular complexity index is 1060. The molecule has 1 amide bonds. The Kier molecular flexibility index (Phi) is 5.46. The molecule has 28 heavy (non-hydrogen) atoms. The van der Waals surface area contributed by atoms with Gasteiger partial charge in [0.25, 0.3) is 5.56 Å². The number of fused-ring (bicyclic) bond motifs is 1. The molecule has 0 radical (unpaired) electrons. The minimum atomic E-state index is -0.188. The molecule has 1 aromatic carbocycles. The van der Waals surface area contributed by atoms with Gasteiger partial charge in [-0.2, -0.15) is 0 Å². The van der Waals surface area contributed by atoms with Crippen molar-refractivity contribution in [3.05, 3.63) is 57.7 Å². The topological polar surface area (TPSA) is 77.1 Å². The average molecular weight is 418 g/mol. The number of nitrogens with zero attached hydrogens (tertiary/aromatic N) is 2. The molecule has 1 aliphatic carbocycles. The molecule has 4 rings (SSSR count). The van der Waals surface area contributed by atoms with E-state index in [-0.39, 0.29) is 29.8 Å². The lowest BCUT2D eigenvalue weighted by molar-refractivity contribution is -0.119. The van der Waals surface area contributed by atoms with Crippen LogP contribution in [0.25, 0.3) is 10.9 Å². The predicted molar refractivity (Wildman–Crippen MR) is 110 cm³/mol. The summed E-state index contributed by atoms with van der Waals surface area (Å²) in [6.45, 7) is 2.28. The second-order valence-electron chi connectivity index (χ2n) is 7.01. The third-order valence-corrected chi connectivity index (χ3v) is 6.04. The fourth-order valence-corrected chi connectivity index (χ4v) is 4.10. The molecule has 1 fully saturated rings. The smallest absolute Gasteiger partial charge is 0.262 e. The number of benzene rings is 1. The molecule has 1 aliphatic rings. The fourth-order valence-electron chi connectivity index (χ4n) is 3.12. The first-order chi connectivity index (χ1) is 13.5. The van der Waals surface area contributed by atoms with Crippen molar-refractivity contribution in [2.24, 2.45) is 5.92 Å². The van der Waals surface area contributed by atoms with Crippen molar-refractivity contribution in [2.75, 3.05) is 5.75 Å². The van der Waals surface area contributed by atoms with Gasteiger partial charge in [-0.05, 0) is 56.0 Å². The van der Waals surface area contributed by atoms with Crippen LogP contribution in [0.2, 0.25) is 5.02 Å². The van der Waals surface area contributed by atoms with Crippen LogP contribution in [0.3, 0.4) is 0 Å². The van der Waals surface area contributed by atoms with E-state index in [1.807, 2.05) is 6.92 Å². The summed E-state index contributed by atoms with van der Waals surface area (Å²) in [5.74, 6) is 1.36. The van der Waals surface area contributed by atoms with Crippen LogP contribution in [0.4, 0.5) is 0 Å². The minimum absolute atomic E-state index is 0.0608. The van der Waals surface area contributed by atoms with Gasteiger partial charge >= 0.3 is 0 Å². The molecule has 0 bridgehead atoms. The van der Waals surface area contributed by atoms with Crippen molar-refractivity contribution in [1.82, 2.24) is 14.9 Å². The molecule has 0 spiro atoms. The molecule has 0 saturated heterocycles. The molecule has 3 aromatic rings. The van der Waals surface area contributed by atoms with Crippen LogP contribution < -0.4 is 10.9 Å². The van der Waals surface area contributed by atoms with Crippen molar-refractivity contribution in [3.8, 4) is 0 Å². The number of aromatic nitrogens is 2. The highest BCUT2D eigenvalue weighted by molar-refractivity contribution is 7.99. The van der Waals surface area contributed by atoms with Gasteiger partial charge < -0.3 is 9.73 Å². The van der Waals surface area contributed by atoms with E-state index in [1.54, 1.807) is 36.6 Å². The maximum absolute atomic E-state index is 13.0. The second kappa shape index (κ2) is 8.01. The van der Waals surface area contributed by atoms with Crippen LogP contribution in [0.1, 0.15) is 25.5 Å². The third kappa shape index (κ3) is 4.25. The molecule has 6 nitrogen and oxygen atoms in total. The summed E-state index contributed by atoms with van der Waals surface area (Å²) in [6, 6.07) is 8.76. The summed E-state index contributed by atoms with van der Waals surface area (Å²) in [5.41, 5.74) is 0.328. The molecule has 8 heteroatoms. The second-order valence-corrected chi connectivity index (χ2v) is 8.39.